The molecule has 0 aliphatic carbocycles. The fraction of sp³-hybridized carbons (Fsp3) is 0.818. The maximum absolute atomic E-state index is 12.2. The van der Waals surface area contributed by atoms with Gasteiger partial charge in [-0.15, -0.1) is 0 Å². The number of hydrogen-bond acceptors (Lipinski definition) is 5. The number of rotatable bonds is 6. The summed E-state index contributed by atoms with van der Waals surface area (Å²) in [5.41, 5.74) is 0. The Morgan fingerprint density at radius 1 is 1.50 bits per heavy atom. The normalized spacial score (nSPS) is 21.2. The van der Waals surface area contributed by atoms with E-state index in [0.717, 1.165) is 12.8 Å². The van der Waals surface area contributed by atoms with Gasteiger partial charge in [0.25, 0.3) is 10.2 Å². The molecule has 114 valence electrons. The maximum atomic E-state index is 12.2. The lowest BCUT2D eigenvalue weighted by atomic mass is 10.1. The number of aryl methyl sites for hydroxylation is 1. The van der Waals surface area contributed by atoms with Crippen LogP contribution in [0.4, 0.5) is 0 Å². The summed E-state index contributed by atoms with van der Waals surface area (Å²) in [6.45, 7) is 0.575. The topological polar surface area (TPSA) is 100 Å². The van der Waals surface area contributed by atoms with Crippen molar-refractivity contribution >= 4 is 10.2 Å². The molecular weight excluding hydrogens is 282 g/mol. The third kappa shape index (κ3) is 3.75. The molecule has 2 heterocycles. The van der Waals surface area contributed by atoms with Crippen molar-refractivity contribution in [2.24, 2.45) is 7.05 Å². The zero-order valence-electron chi connectivity index (χ0n) is 11.6. The summed E-state index contributed by atoms with van der Waals surface area (Å²) < 4.78 is 29.9. The van der Waals surface area contributed by atoms with E-state index < -0.39 is 10.2 Å². The molecule has 0 radical (unpaired) electrons. The third-order valence-electron chi connectivity index (χ3n) is 3.37. The summed E-state index contributed by atoms with van der Waals surface area (Å²) in [5.74, 6) is 0.604. The molecule has 20 heavy (non-hydrogen) atoms. The van der Waals surface area contributed by atoms with Gasteiger partial charge in [-0.2, -0.15) is 17.8 Å². The minimum atomic E-state index is -3.55. The molecule has 0 saturated carbocycles. The summed E-state index contributed by atoms with van der Waals surface area (Å²) in [6, 6.07) is -0.311. The van der Waals surface area contributed by atoms with Gasteiger partial charge in [0.2, 0.25) is 0 Å². The zero-order valence-corrected chi connectivity index (χ0v) is 12.4. The summed E-state index contributed by atoms with van der Waals surface area (Å²) in [6.07, 6.45) is 4.52. The number of piperidine rings is 1. The van der Waals surface area contributed by atoms with Gasteiger partial charge in [0, 0.05) is 32.6 Å². The molecule has 0 aromatic carbocycles. The van der Waals surface area contributed by atoms with Crippen LogP contribution in [0.3, 0.4) is 0 Å². The van der Waals surface area contributed by atoms with E-state index in [1.807, 2.05) is 0 Å². The highest BCUT2D eigenvalue weighted by Gasteiger charge is 2.31. The molecule has 8 nitrogen and oxygen atoms in total. The predicted octanol–water partition coefficient (Wildman–Crippen LogP) is -0.961. The number of nitrogens with zero attached hydrogens (tertiary/aromatic N) is 4. The molecule has 0 amide bonds. The summed E-state index contributed by atoms with van der Waals surface area (Å²) in [4.78, 5) is 4.04. The van der Waals surface area contributed by atoms with Gasteiger partial charge in [0.15, 0.2) is 5.82 Å². The fourth-order valence-electron chi connectivity index (χ4n) is 2.35. The van der Waals surface area contributed by atoms with Crippen molar-refractivity contribution in [3.05, 3.63) is 12.2 Å². The average Bonchev–Trinajstić information content (AvgIpc) is 2.84. The van der Waals surface area contributed by atoms with Crippen LogP contribution in [0.5, 0.6) is 0 Å². The minimum absolute atomic E-state index is 0.136. The average molecular weight is 303 g/mol. The van der Waals surface area contributed by atoms with Crippen molar-refractivity contribution in [1.82, 2.24) is 23.8 Å². The van der Waals surface area contributed by atoms with Gasteiger partial charge in [-0.3, -0.25) is 4.68 Å². The van der Waals surface area contributed by atoms with E-state index in [9.17, 15) is 13.5 Å². The highest BCUT2D eigenvalue weighted by atomic mass is 32.2. The van der Waals surface area contributed by atoms with Crippen LogP contribution >= 0.6 is 0 Å². The lowest BCUT2D eigenvalue weighted by Crippen LogP contribution is -2.50. The smallest absolute Gasteiger partial charge is 0.279 e. The predicted molar refractivity (Wildman–Crippen MR) is 73.1 cm³/mol. The Bertz CT molecular complexity index is 530. The minimum Gasteiger partial charge on any atom is -0.395 e. The Morgan fingerprint density at radius 2 is 2.30 bits per heavy atom. The maximum Gasteiger partial charge on any atom is 0.279 e. The Morgan fingerprint density at radius 3 is 2.95 bits per heavy atom. The van der Waals surface area contributed by atoms with Crippen LogP contribution in [0.2, 0.25) is 0 Å². The second-order valence-electron chi connectivity index (χ2n) is 4.93. The van der Waals surface area contributed by atoms with E-state index in [1.165, 1.54) is 4.31 Å². The fourth-order valence-corrected chi connectivity index (χ4v) is 3.81. The monoisotopic (exact) mass is 303 g/mol. The first-order valence-corrected chi connectivity index (χ1v) is 8.19. The van der Waals surface area contributed by atoms with Crippen molar-refractivity contribution in [2.45, 2.75) is 31.7 Å². The molecular formula is C11H21N5O3S. The molecule has 1 aliphatic rings. The van der Waals surface area contributed by atoms with Gasteiger partial charge in [-0.1, -0.05) is 6.42 Å². The van der Waals surface area contributed by atoms with E-state index in [1.54, 1.807) is 18.1 Å². The van der Waals surface area contributed by atoms with Crippen LogP contribution in [0, 0.1) is 0 Å². The van der Waals surface area contributed by atoms with E-state index in [0.29, 0.717) is 25.2 Å². The molecule has 1 atom stereocenters. The quantitative estimate of drug-likeness (QED) is 0.705. The number of nitrogens with one attached hydrogen (secondary N) is 1. The Hall–Kier alpha value is -1.03. The van der Waals surface area contributed by atoms with Gasteiger partial charge in [-0.05, 0) is 12.8 Å². The molecule has 9 heteroatoms. The molecule has 1 saturated heterocycles. The molecule has 1 aliphatic heterocycles. The van der Waals surface area contributed by atoms with E-state index in [-0.39, 0.29) is 19.2 Å². The van der Waals surface area contributed by atoms with Crippen LogP contribution in [0.15, 0.2) is 6.33 Å². The number of aliphatic hydroxyl groups excluding tert-OH is 1. The highest BCUT2D eigenvalue weighted by molar-refractivity contribution is 7.87. The van der Waals surface area contributed by atoms with Crippen molar-refractivity contribution in [3.63, 3.8) is 0 Å². The van der Waals surface area contributed by atoms with E-state index in [4.69, 9.17) is 0 Å². The highest BCUT2D eigenvalue weighted by Crippen LogP contribution is 2.19. The third-order valence-corrected chi connectivity index (χ3v) is 5.04. The molecule has 1 aromatic heterocycles. The second kappa shape index (κ2) is 6.61. The van der Waals surface area contributed by atoms with Crippen molar-refractivity contribution < 1.29 is 13.5 Å². The second-order valence-corrected chi connectivity index (χ2v) is 6.63. The number of aromatic nitrogens is 3. The molecule has 0 spiro atoms. The lowest BCUT2D eigenvalue weighted by molar-refractivity contribution is 0.154. The summed E-state index contributed by atoms with van der Waals surface area (Å²) in [5, 5.41) is 13.4. The van der Waals surface area contributed by atoms with Crippen LogP contribution in [0.1, 0.15) is 25.1 Å². The number of aliphatic hydroxyl groups is 1. The Labute approximate surface area is 119 Å². The van der Waals surface area contributed by atoms with Gasteiger partial charge in [-0.25, -0.2) is 9.71 Å². The summed E-state index contributed by atoms with van der Waals surface area (Å²) >= 11 is 0. The molecule has 0 bridgehead atoms. The first kappa shape index (κ1) is 15.4. The first-order valence-electron chi connectivity index (χ1n) is 6.75. The number of hydrogen-bond donors (Lipinski definition) is 2. The lowest BCUT2D eigenvalue weighted by Gasteiger charge is -2.33. The molecule has 1 aromatic rings. The Balaban J connectivity index is 1.89. The molecule has 1 unspecified atom stereocenters. The van der Waals surface area contributed by atoms with Gasteiger partial charge in [0.1, 0.15) is 6.33 Å². The first-order chi connectivity index (χ1) is 9.53. The SMILES string of the molecule is Cn1cnc(CCNS(=O)(=O)N2CCCCC2CO)n1. The molecule has 2 rings (SSSR count). The van der Waals surface area contributed by atoms with Crippen LogP contribution in [-0.4, -0.2) is 58.3 Å². The van der Waals surface area contributed by atoms with Gasteiger partial charge >= 0.3 is 0 Å². The largest absolute Gasteiger partial charge is 0.395 e. The van der Waals surface area contributed by atoms with Gasteiger partial charge in [0.05, 0.1) is 6.61 Å². The van der Waals surface area contributed by atoms with E-state index in [2.05, 4.69) is 14.8 Å². The summed E-state index contributed by atoms with van der Waals surface area (Å²) in [7, 11) is -1.78. The van der Waals surface area contributed by atoms with Crippen molar-refractivity contribution in [3.8, 4) is 0 Å². The van der Waals surface area contributed by atoms with Crippen LogP contribution in [-0.2, 0) is 23.7 Å². The molecule has 1 fully saturated rings. The standard InChI is InChI=1S/C11H21N5O3S/c1-15-9-12-11(14-15)5-6-13-20(18,19)16-7-3-2-4-10(16)8-17/h9-10,13,17H,2-8H2,1H3. The van der Waals surface area contributed by atoms with Crippen LogP contribution < -0.4 is 4.72 Å². The molecule has 2 N–H and O–H groups in total. The zero-order chi connectivity index (χ0) is 14.6. The van der Waals surface area contributed by atoms with Crippen molar-refractivity contribution in [2.75, 3.05) is 19.7 Å². The van der Waals surface area contributed by atoms with Gasteiger partial charge < -0.3 is 5.11 Å². The van der Waals surface area contributed by atoms with Crippen LogP contribution in [0.25, 0.3) is 0 Å². The van der Waals surface area contributed by atoms with E-state index >= 15 is 0 Å². The van der Waals surface area contributed by atoms with Crippen molar-refractivity contribution in [1.29, 1.82) is 0 Å². The Kier molecular flexibility index (Phi) is 5.08.